The highest BCUT2D eigenvalue weighted by atomic mass is 19.1. The van der Waals surface area contributed by atoms with Crippen molar-refractivity contribution in [3.8, 4) is 0 Å². The summed E-state index contributed by atoms with van der Waals surface area (Å²) in [5, 5.41) is 4.27. The molecular formula is C22H24FN3O. The number of aromatic nitrogens is 1. The van der Waals surface area contributed by atoms with E-state index in [0.717, 1.165) is 31.5 Å². The highest BCUT2D eigenvalue weighted by Crippen LogP contribution is 2.33. The smallest absolute Gasteiger partial charge is 0.317 e. The molecule has 0 saturated carbocycles. The van der Waals surface area contributed by atoms with Gasteiger partial charge in [0, 0.05) is 36.7 Å². The van der Waals surface area contributed by atoms with Gasteiger partial charge in [-0.25, -0.2) is 9.18 Å². The molecule has 0 aliphatic carbocycles. The van der Waals surface area contributed by atoms with Crippen LogP contribution in [-0.4, -0.2) is 35.5 Å². The van der Waals surface area contributed by atoms with Crippen LogP contribution in [0.2, 0.25) is 0 Å². The van der Waals surface area contributed by atoms with Crippen molar-refractivity contribution in [2.75, 3.05) is 19.6 Å². The second-order valence-corrected chi connectivity index (χ2v) is 7.16. The molecular weight excluding hydrogens is 341 g/mol. The Bertz CT molecular complexity index is 911. The second kappa shape index (κ2) is 7.82. The van der Waals surface area contributed by atoms with Crippen molar-refractivity contribution in [1.29, 1.82) is 0 Å². The number of urea groups is 1. The molecule has 1 saturated heterocycles. The Hall–Kier alpha value is -2.82. The first-order valence-electron chi connectivity index (χ1n) is 9.54. The first kappa shape index (κ1) is 17.6. The summed E-state index contributed by atoms with van der Waals surface area (Å²) in [7, 11) is 0. The number of carbonyl (C=O) groups is 1. The minimum Gasteiger partial charge on any atom is -0.361 e. The Kier molecular flexibility index (Phi) is 5.10. The van der Waals surface area contributed by atoms with Crippen LogP contribution >= 0.6 is 0 Å². The number of rotatable bonds is 4. The summed E-state index contributed by atoms with van der Waals surface area (Å²) >= 11 is 0. The third kappa shape index (κ3) is 3.97. The number of para-hydroxylation sites is 1. The third-order valence-electron chi connectivity index (χ3n) is 5.45. The number of halogens is 1. The standard InChI is InChI=1S/C22H24FN3O/c23-18-7-5-16(6-8-18)9-12-24-22(27)26-13-10-17(11-14-26)20-15-25-21-4-2-1-3-19(20)21/h1-8,15,17,25H,9-14H2,(H,24,27). The van der Waals surface area contributed by atoms with Crippen LogP contribution in [0.1, 0.15) is 29.9 Å². The lowest BCUT2D eigenvalue weighted by Gasteiger charge is -2.32. The number of benzene rings is 2. The Balaban J connectivity index is 1.27. The number of H-pyrrole nitrogens is 1. The van der Waals surface area contributed by atoms with E-state index in [1.807, 2.05) is 11.0 Å². The van der Waals surface area contributed by atoms with Crippen molar-refractivity contribution in [3.63, 3.8) is 0 Å². The van der Waals surface area contributed by atoms with Gasteiger partial charge in [0.25, 0.3) is 0 Å². The lowest BCUT2D eigenvalue weighted by atomic mass is 9.89. The molecule has 140 valence electrons. The number of hydrogen-bond donors (Lipinski definition) is 2. The maximum atomic E-state index is 12.9. The van der Waals surface area contributed by atoms with E-state index in [1.54, 1.807) is 12.1 Å². The van der Waals surface area contributed by atoms with Crippen molar-refractivity contribution in [1.82, 2.24) is 15.2 Å². The topological polar surface area (TPSA) is 48.1 Å². The molecule has 0 unspecified atom stereocenters. The predicted molar refractivity (Wildman–Crippen MR) is 105 cm³/mol. The fourth-order valence-corrected chi connectivity index (χ4v) is 3.90. The Morgan fingerprint density at radius 1 is 1.11 bits per heavy atom. The summed E-state index contributed by atoms with van der Waals surface area (Å²) in [4.78, 5) is 17.6. The summed E-state index contributed by atoms with van der Waals surface area (Å²) < 4.78 is 12.9. The average Bonchev–Trinajstić information content (AvgIpc) is 3.14. The normalized spacial score (nSPS) is 15.2. The fraction of sp³-hybridized carbons (Fsp3) is 0.318. The van der Waals surface area contributed by atoms with Gasteiger partial charge < -0.3 is 15.2 Å². The van der Waals surface area contributed by atoms with Crippen molar-refractivity contribution >= 4 is 16.9 Å². The molecule has 27 heavy (non-hydrogen) atoms. The largest absolute Gasteiger partial charge is 0.361 e. The Labute approximate surface area is 158 Å². The average molecular weight is 365 g/mol. The van der Waals surface area contributed by atoms with Gasteiger partial charge >= 0.3 is 6.03 Å². The molecule has 1 aromatic heterocycles. The number of fused-ring (bicyclic) bond motifs is 1. The third-order valence-corrected chi connectivity index (χ3v) is 5.45. The van der Waals surface area contributed by atoms with Crippen LogP contribution in [0.4, 0.5) is 9.18 Å². The van der Waals surface area contributed by atoms with E-state index in [-0.39, 0.29) is 11.8 Å². The van der Waals surface area contributed by atoms with Gasteiger partial charge in [-0.05, 0) is 54.5 Å². The van der Waals surface area contributed by atoms with Crippen LogP contribution in [0.5, 0.6) is 0 Å². The van der Waals surface area contributed by atoms with Crippen LogP contribution in [0.25, 0.3) is 10.9 Å². The van der Waals surface area contributed by atoms with Crippen LogP contribution in [-0.2, 0) is 6.42 Å². The number of hydrogen-bond acceptors (Lipinski definition) is 1. The van der Waals surface area contributed by atoms with Crippen molar-refractivity contribution < 1.29 is 9.18 Å². The van der Waals surface area contributed by atoms with E-state index in [4.69, 9.17) is 0 Å². The van der Waals surface area contributed by atoms with Gasteiger partial charge in [-0.2, -0.15) is 0 Å². The zero-order valence-electron chi connectivity index (χ0n) is 15.2. The number of carbonyl (C=O) groups excluding carboxylic acids is 1. The zero-order chi connectivity index (χ0) is 18.6. The van der Waals surface area contributed by atoms with Crippen molar-refractivity contribution in [3.05, 3.63) is 71.7 Å². The molecule has 2 aromatic carbocycles. The van der Waals surface area contributed by atoms with Gasteiger partial charge in [-0.3, -0.25) is 0 Å². The van der Waals surface area contributed by atoms with Gasteiger partial charge in [-0.1, -0.05) is 30.3 Å². The highest BCUT2D eigenvalue weighted by Gasteiger charge is 2.25. The molecule has 2 amide bonds. The minimum absolute atomic E-state index is 0.00510. The summed E-state index contributed by atoms with van der Waals surface area (Å²) in [6.45, 7) is 2.10. The van der Waals surface area contributed by atoms with Crippen LogP contribution in [0, 0.1) is 5.82 Å². The number of aromatic amines is 1. The summed E-state index contributed by atoms with van der Waals surface area (Å²) in [6, 6.07) is 14.8. The van der Waals surface area contributed by atoms with Crippen molar-refractivity contribution in [2.45, 2.75) is 25.2 Å². The molecule has 0 bridgehead atoms. The first-order valence-corrected chi connectivity index (χ1v) is 9.54. The second-order valence-electron chi connectivity index (χ2n) is 7.16. The Morgan fingerprint density at radius 3 is 2.63 bits per heavy atom. The van der Waals surface area contributed by atoms with E-state index in [0.29, 0.717) is 18.9 Å². The summed E-state index contributed by atoms with van der Waals surface area (Å²) in [6.07, 6.45) is 4.78. The maximum absolute atomic E-state index is 12.9. The summed E-state index contributed by atoms with van der Waals surface area (Å²) in [5.41, 5.74) is 3.56. The molecule has 1 aliphatic rings. The highest BCUT2D eigenvalue weighted by molar-refractivity contribution is 5.83. The molecule has 2 N–H and O–H groups in total. The number of likely N-dealkylation sites (tertiary alicyclic amines) is 1. The minimum atomic E-state index is -0.235. The van der Waals surface area contributed by atoms with E-state index in [2.05, 4.69) is 34.7 Å². The SMILES string of the molecule is O=C(NCCc1ccc(F)cc1)N1CCC(c2c[nH]c3ccccc23)CC1. The first-order chi connectivity index (χ1) is 13.2. The van der Waals surface area contributed by atoms with Gasteiger partial charge in [0.2, 0.25) is 0 Å². The monoisotopic (exact) mass is 365 g/mol. The van der Waals surface area contributed by atoms with Crippen LogP contribution in [0.3, 0.4) is 0 Å². The molecule has 4 rings (SSSR count). The van der Waals surface area contributed by atoms with Gasteiger partial charge in [0.1, 0.15) is 5.82 Å². The van der Waals surface area contributed by atoms with E-state index >= 15 is 0 Å². The molecule has 2 heterocycles. The molecule has 1 aliphatic heterocycles. The zero-order valence-corrected chi connectivity index (χ0v) is 15.2. The number of amides is 2. The van der Waals surface area contributed by atoms with E-state index in [9.17, 15) is 9.18 Å². The molecule has 0 spiro atoms. The van der Waals surface area contributed by atoms with E-state index < -0.39 is 0 Å². The maximum Gasteiger partial charge on any atom is 0.317 e. The lowest BCUT2D eigenvalue weighted by Crippen LogP contribution is -2.44. The summed E-state index contributed by atoms with van der Waals surface area (Å²) in [5.74, 6) is 0.255. The lowest BCUT2D eigenvalue weighted by molar-refractivity contribution is 0.181. The van der Waals surface area contributed by atoms with Crippen LogP contribution < -0.4 is 5.32 Å². The van der Waals surface area contributed by atoms with Crippen molar-refractivity contribution in [2.24, 2.45) is 0 Å². The molecule has 5 heteroatoms. The molecule has 1 fully saturated rings. The van der Waals surface area contributed by atoms with Gasteiger partial charge in [0.05, 0.1) is 0 Å². The molecule has 3 aromatic rings. The number of piperidine rings is 1. The van der Waals surface area contributed by atoms with Gasteiger partial charge in [0.15, 0.2) is 0 Å². The molecule has 0 atom stereocenters. The molecule has 0 radical (unpaired) electrons. The number of nitrogens with zero attached hydrogens (tertiary/aromatic N) is 1. The Morgan fingerprint density at radius 2 is 1.85 bits per heavy atom. The fourth-order valence-electron chi connectivity index (χ4n) is 3.90. The van der Waals surface area contributed by atoms with Crippen LogP contribution in [0.15, 0.2) is 54.7 Å². The number of nitrogens with one attached hydrogen (secondary N) is 2. The predicted octanol–water partition coefficient (Wildman–Crippen LogP) is 4.44. The quantitative estimate of drug-likeness (QED) is 0.706. The van der Waals surface area contributed by atoms with E-state index in [1.165, 1.54) is 28.6 Å². The van der Waals surface area contributed by atoms with Gasteiger partial charge in [-0.15, -0.1) is 0 Å². The molecule has 4 nitrogen and oxygen atoms in total.